The van der Waals surface area contributed by atoms with Gasteiger partial charge in [-0.15, -0.1) is 0 Å². The Morgan fingerprint density at radius 2 is 1.94 bits per heavy atom. The molecule has 0 bridgehead atoms. The molecule has 1 heterocycles. The van der Waals surface area contributed by atoms with Crippen LogP contribution in [0.15, 0.2) is 73.1 Å². The highest BCUT2D eigenvalue weighted by molar-refractivity contribution is 6.30. The topological polar surface area (TPSA) is 80.3 Å². The molecule has 0 unspecified atom stereocenters. The minimum absolute atomic E-state index is 0.0662. The molecule has 3 aromatic rings. The van der Waals surface area contributed by atoms with E-state index >= 15 is 0 Å². The molecular weight excluding hydrogens is 433 g/mol. The monoisotopic (exact) mass is 453 g/mol. The first-order valence-electron chi connectivity index (χ1n) is 9.88. The van der Waals surface area contributed by atoms with Gasteiger partial charge in [0, 0.05) is 35.9 Å². The molecule has 0 saturated carbocycles. The van der Waals surface area contributed by atoms with Gasteiger partial charge in [-0.05, 0) is 66.6 Å². The van der Waals surface area contributed by atoms with E-state index in [1.54, 1.807) is 48.7 Å². The van der Waals surface area contributed by atoms with Gasteiger partial charge in [0.1, 0.15) is 5.75 Å². The highest BCUT2D eigenvalue weighted by Crippen LogP contribution is 2.24. The van der Waals surface area contributed by atoms with Gasteiger partial charge < -0.3 is 15.4 Å². The maximum atomic E-state index is 14.2. The van der Waals surface area contributed by atoms with Gasteiger partial charge >= 0.3 is 0 Å². The lowest BCUT2D eigenvalue weighted by Crippen LogP contribution is -2.23. The number of benzene rings is 2. The van der Waals surface area contributed by atoms with Crippen LogP contribution in [-0.2, 0) is 9.59 Å². The summed E-state index contributed by atoms with van der Waals surface area (Å²) in [5.41, 5.74) is 1.17. The second-order valence-corrected chi connectivity index (χ2v) is 7.20. The predicted octanol–water partition coefficient (Wildman–Crippen LogP) is 5.21. The fourth-order valence-corrected chi connectivity index (χ4v) is 2.81. The quantitative estimate of drug-likeness (QED) is 0.344. The molecule has 2 N–H and O–H groups in total. The van der Waals surface area contributed by atoms with Crippen LogP contribution >= 0.6 is 11.6 Å². The van der Waals surface area contributed by atoms with Crippen molar-refractivity contribution in [3.63, 3.8) is 0 Å². The van der Waals surface area contributed by atoms with E-state index in [4.69, 9.17) is 16.3 Å². The number of halogens is 2. The first-order chi connectivity index (χ1) is 15.5. The number of carbonyl (C=O) groups is 2. The van der Waals surface area contributed by atoms with Crippen LogP contribution in [0.2, 0.25) is 5.02 Å². The van der Waals surface area contributed by atoms with Crippen molar-refractivity contribution in [2.45, 2.75) is 12.8 Å². The molecule has 0 radical (unpaired) electrons. The summed E-state index contributed by atoms with van der Waals surface area (Å²) in [6.07, 6.45) is 6.63. The van der Waals surface area contributed by atoms with Crippen molar-refractivity contribution < 1.29 is 18.7 Å². The van der Waals surface area contributed by atoms with Crippen molar-refractivity contribution in [2.75, 3.05) is 11.9 Å². The number of amides is 2. The van der Waals surface area contributed by atoms with Crippen molar-refractivity contribution in [1.29, 1.82) is 0 Å². The van der Waals surface area contributed by atoms with E-state index < -0.39 is 5.82 Å². The molecule has 164 valence electrons. The Labute approximate surface area is 190 Å². The first-order valence-corrected chi connectivity index (χ1v) is 10.3. The van der Waals surface area contributed by atoms with E-state index in [1.807, 2.05) is 0 Å². The Hall–Kier alpha value is -3.71. The zero-order valence-electron chi connectivity index (χ0n) is 17.1. The van der Waals surface area contributed by atoms with Crippen LogP contribution in [-0.4, -0.2) is 23.3 Å². The highest BCUT2D eigenvalue weighted by atomic mass is 35.5. The third kappa shape index (κ3) is 7.52. The number of pyridine rings is 1. The lowest BCUT2D eigenvalue weighted by molar-refractivity contribution is -0.118. The SMILES string of the molecule is O=C(/C=C/c1ccc(Oc2cccnc2)c(F)c1)NCCCC(=O)Nc1ccc(Cl)cc1. The summed E-state index contributed by atoms with van der Waals surface area (Å²) in [6, 6.07) is 14.6. The second kappa shape index (κ2) is 11.6. The molecule has 0 atom stereocenters. The summed E-state index contributed by atoms with van der Waals surface area (Å²) >= 11 is 5.80. The fraction of sp³-hybridized carbons (Fsp3) is 0.125. The number of hydrogen-bond donors (Lipinski definition) is 2. The van der Waals surface area contributed by atoms with Crippen molar-refractivity contribution in [1.82, 2.24) is 10.3 Å². The van der Waals surface area contributed by atoms with Crippen LogP contribution in [0, 0.1) is 5.82 Å². The molecule has 8 heteroatoms. The van der Waals surface area contributed by atoms with Crippen molar-refractivity contribution in [2.24, 2.45) is 0 Å². The van der Waals surface area contributed by atoms with Gasteiger partial charge in [-0.2, -0.15) is 0 Å². The van der Waals surface area contributed by atoms with Crippen LogP contribution in [0.3, 0.4) is 0 Å². The summed E-state index contributed by atoms with van der Waals surface area (Å²) in [6.45, 7) is 0.337. The molecule has 2 amide bonds. The summed E-state index contributed by atoms with van der Waals surface area (Å²) in [5, 5.41) is 6.04. The average Bonchev–Trinajstić information content (AvgIpc) is 2.79. The Morgan fingerprint density at radius 3 is 2.66 bits per heavy atom. The van der Waals surface area contributed by atoms with E-state index in [9.17, 15) is 14.0 Å². The molecule has 0 aliphatic heterocycles. The smallest absolute Gasteiger partial charge is 0.243 e. The minimum atomic E-state index is -0.553. The highest BCUT2D eigenvalue weighted by Gasteiger charge is 2.06. The van der Waals surface area contributed by atoms with Crippen LogP contribution in [0.5, 0.6) is 11.5 Å². The van der Waals surface area contributed by atoms with Crippen molar-refractivity contribution >= 4 is 35.2 Å². The number of carbonyl (C=O) groups excluding carboxylic acids is 2. The van der Waals surface area contributed by atoms with Crippen LogP contribution in [0.1, 0.15) is 18.4 Å². The molecule has 0 aliphatic rings. The number of rotatable bonds is 9. The number of aromatic nitrogens is 1. The van der Waals surface area contributed by atoms with E-state index in [0.717, 1.165) is 0 Å². The molecule has 32 heavy (non-hydrogen) atoms. The molecule has 0 spiro atoms. The van der Waals surface area contributed by atoms with Gasteiger partial charge in [0.05, 0.1) is 6.20 Å². The van der Waals surface area contributed by atoms with Gasteiger partial charge in [0.2, 0.25) is 11.8 Å². The summed E-state index contributed by atoms with van der Waals surface area (Å²) in [5.74, 6) is -0.545. The molecule has 0 aliphatic carbocycles. The molecule has 2 aromatic carbocycles. The van der Waals surface area contributed by atoms with Gasteiger partial charge in [0.15, 0.2) is 11.6 Å². The fourth-order valence-electron chi connectivity index (χ4n) is 2.69. The van der Waals surface area contributed by atoms with Gasteiger partial charge in [-0.3, -0.25) is 14.6 Å². The van der Waals surface area contributed by atoms with E-state index in [1.165, 1.54) is 30.5 Å². The first kappa shape index (κ1) is 23.0. The zero-order valence-corrected chi connectivity index (χ0v) is 17.8. The lowest BCUT2D eigenvalue weighted by Gasteiger charge is -2.07. The zero-order chi connectivity index (χ0) is 22.8. The number of nitrogens with one attached hydrogen (secondary N) is 2. The largest absolute Gasteiger partial charge is 0.453 e. The standard InChI is InChI=1S/C24H21ClFN3O3/c25-18-7-9-19(10-8-18)29-24(31)4-2-14-28-23(30)12-6-17-5-11-22(21(26)15-17)32-20-3-1-13-27-16-20/h1,3,5-13,15-16H,2,4,14H2,(H,28,30)(H,29,31)/b12-6+. The van der Waals surface area contributed by atoms with Crippen LogP contribution in [0.25, 0.3) is 6.08 Å². The second-order valence-electron chi connectivity index (χ2n) is 6.76. The summed E-state index contributed by atoms with van der Waals surface area (Å²) < 4.78 is 19.7. The van der Waals surface area contributed by atoms with Gasteiger partial charge in [-0.1, -0.05) is 17.7 Å². The molecule has 0 fully saturated rings. The van der Waals surface area contributed by atoms with Crippen LogP contribution < -0.4 is 15.4 Å². The predicted molar refractivity (Wildman–Crippen MR) is 122 cm³/mol. The van der Waals surface area contributed by atoms with Gasteiger partial charge in [-0.25, -0.2) is 4.39 Å². The summed E-state index contributed by atoms with van der Waals surface area (Å²) in [7, 11) is 0. The molecule has 0 saturated heterocycles. The van der Waals surface area contributed by atoms with Crippen molar-refractivity contribution in [3.8, 4) is 11.5 Å². The number of hydrogen-bond acceptors (Lipinski definition) is 4. The van der Waals surface area contributed by atoms with Crippen LogP contribution in [0.4, 0.5) is 10.1 Å². The Kier molecular flexibility index (Phi) is 8.34. The molecule has 3 rings (SSSR count). The lowest BCUT2D eigenvalue weighted by atomic mass is 10.2. The molecule has 1 aromatic heterocycles. The molecule has 6 nitrogen and oxygen atoms in total. The summed E-state index contributed by atoms with van der Waals surface area (Å²) in [4.78, 5) is 27.8. The maximum Gasteiger partial charge on any atom is 0.243 e. The Morgan fingerprint density at radius 1 is 1.12 bits per heavy atom. The van der Waals surface area contributed by atoms with E-state index in [-0.39, 0.29) is 24.0 Å². The number of ether oxygens (including phenoxy) is 1. The third-order valence-corrected chi connectivity index (χ3v) is 4.51. The number of anilines is 1. The normalized spacial score (nSPS) is 10.7. The third-order valence-electron chi connectivity index (χ3n) is 4.25. The molecular formula is C24H21ClFN3O3. The number of nitrogens with zero attached hydrogens (tertiary/aromatic N) is 1. The van der Waals surface area contributed by atoms with E-state index in [0.29, 0.717) is 35.0 Å². The maximum absolute atomic E-state index is 14.2. The van der Waals surface area contributed by atoms with Gasteiger partial charge in [0.25, 0.3) is 0 Å². The minimum Gasteiger partial charge on any atom is -0.453 e. The van der Waals surface area contributed by atoms with Crippen molar-refractivity contribution in [3.05, 3.63) is 89.5 Å². The Balaban J connectivity index is 1.39. The average molecular weight is 454 g/mol. The van der Waals surface area contributed by atoms with E-state index in [2.05, 4.69) is 15.6 Å². The Bertz CT molecular complexity index is 1090.